The van der Waals surface area contributed by atoms with E-state index in [4.69, 9.17) is 9.47 Å². The number of alkyl halides is 3. The van der Waals surface area contributed by atoms with E-state index >= 15 is 0 Å². The van der Waals surface area contributed by atoms with Gasteiger partial charge in [-0.2, -0.15) is 13.2 Å². The molecular formula is C31H47F3N6O3. The fourth-order valence-corrected chi connectivity index (χ4v) is 8.09. The van der Waals surface area contributed by atoms with E-state index in [1.54, 1.807) is 17.9 Å². The molecule has 4 heterocycles. The summed E-state index contributed by atoms with van der Waals surface area (Å²) in [6, 6.07) is 1.13. The van der Waals surface area contributed by atoms with E-state index in [9.17, 15) is 18.0 Å². The molecule has 2 saturated carbocycles. The Hall–Kier alpha value is -1.96. The van der Waals surface area contributed by atoms with Crippen LogP contribution in [-0.2, 0) is 22.2 Å². The minimum absolute atomic E-state index is 0.0246. The lowest BCUT2D eigenvalue weighted by atomic mass is 9.65. The predicted octanol–water partition coefficient (Wildman–Crippen LogP) is 4.22. The summed E-state index contributed by atoms with van der Waals surface area (Å²) in [7, 11) is 3.76. The van der Waals surface area contributed by atoms with E-state index < -0.39 is 11.7 Å². The molecule has 0 bridgehead atoms. The first kappa shape index (κ1) is 31.0. The van der Waals surface area contributed by atoms with Crippen LogP contribution in [0.5, 0.6) is 0 Å². The number of nitrogens with one attached hydrogen (secondary N) is 2. The number of halogens is 3. The number of hydrogen-bond acceptors (Lipinski definition) is 7. The van der Waals surface area contributed by atoms with Gasteiger partial charge < -0.3 is 9.47 Å². The van der Waals surface area contributed by atoms with E-state index in [1.165, 1.54) is 35.9 Å². The fraction of sp³-hybridized carbons (Fsp3) is 0.774. The van der Waals surface area contributed by atoms with Crippen molar-refractivity contribution < 1.29 is 22.6 Å². The van der Waals surface area contributed by atoms with Crippen molar-refractivity contribution in [3.05, 3.63) is 40.1 Å². The molecule has 0 radical (unpaired) electrons. The van der Waals surface area contributed by atoms with Crippen LogP contribution in [0.25, 0.3) is 5.52 Å². The van der Waals surface area contributed by atoms with Gasteiger partial charge in [0.2, 0.25) is 0 Å². The number of piperidine rings is 1. The molecule has 43 heavy (non-hydrogen) atoms. The predicted molar refractivity (Wildman–Crippen MR) is 157 cm³/mol. The Balaban J connectivity index is 1.25. The largest absolute Gasteiger partial charge is 0.418 e. The van der Waals surface area contributed by atoms with Crippen molar-refractivity contribution in [3.63, 3.8) is 0 Å². The highest BCUT2D eigenvalue weighted by atomic mass is 19.4. The molecule has 0 amide bonds. The summed E-state index contributed by atoms with van der Waals surface area (Å²) in [5.41, 5.74) is 6.08. The van der Waals surface area contributed by atoms with E-state index in [0.717, 1.165) is 51.7 Å². The third kappa shape index (κ3) is 6.69. The molecule has 3 unspecified atom stereocenters. The van der Waals surface area contributed by atoms with Gasteiger partial charge in [-0.3, -0.25) is 18.8 Å². The van der Waals surface area contributed by atoms with E-state index in [2.05, 4.69) is 27.7 Å². The second kappa shape index (κ2) is 13.2. The van der Waals surface area contributed by atoms with E-state index in [-0.39, 0.29) is 29.5 Å². The SMILES string of the molecule is COCCO[C@@H]1CCCN(Cc2cc(C(F)(F)F)c3cn(C4CCCC([C@@H](C5CCC5)C5NNCN5C)C4)c(=O)n3c2)C1. The normalized spacial score (nSPS) is 28.9. The monoisotopic (exact) mass is 608 g/mol. The van der Waals surface area contributed by atoms with E-state index in [0.29, 0.717) is 49.6 Å². The Morgan fingerprint density at radius 2 is 1.84 bits per heavy atom. The topological polar surface area (TPSA) is 75.4 Å². The number of ether oxygens (including phenoxy) is 2. The van der Waals surface area contributed by atoms with Crippen molar-refractivity contribution >= 4 is 5.52 Å². The lowest BCUT2D eigenvalue weighted by Crippen LogP contribution is -2.50. The maximum absolute atomic E-state index is 14.4. The van der Waals surface area contributed by atoms with Crippen molar-refractivity contribution in [1.82, 2.24) is 29.6 Å². The van der Waals surface area contributed by atoms with Crippen LogP contribution >= 0.6 is 0 Å². The molecule has 0 aromatic carbocycles. The number of imidazole rings is 1. The zero-order valence-corrected chi connectivity index (χ0v) is 25.5. The molecular weight excluding hydrogens is 561 g/mol. The Bertz CT molecular complexity index is 1290. The van der Waals surface area contributed by atoms with Gasteiger partial charge in [0, 0.05) is 38.6 Å². The highest BCUT2D eigenvalue weighted by molar-refractivity contribution is 5.56. The Labute approximate surface area is 251 Å². The van der Waals surface area contributed by atoms with Crippen LogP contribution in [-0.4, -0.2) is 78.2 Å². The molecule has 12 heteroatoms. The molecule has 4 aliphatic rings. The third-order valence-corrected chi connectivity index (χ3v) is 10.4. The Kier molecular flexibility index (Phi) is 9.52. The third-order valence-electron chi connectivity index (χ3n) is 10.4. The van der Waals surface area contributed by atoms with Crippen LogP contribution in [0.4, 0.5) is 13.2 Å². The summed E-state index contributed by atoms with van der Waals surface area (Å²) in [4.78, 5) is 18.3. The standard InChI is InChI=1S/C31H47F3N6O3/c1-37-20-35-36-29(37)28(22-6-3-7-22)23-8-4-9-24(15-23)39-19-27-26(31(32,33)34)14-21(17-40(27)30(39)41)16-38-11-5-10-25(18-38)43-13-12-42-2/h14,17,19,22-25,28-29,35-36H,3-13,15-16,18,20H2,1-2H3/t23?,24?,25-,28-,29?/m1/s1. The molecule has 2 aliphatic heterocycles. The van der Waals surface area contributed by atoms with Gasteiger partial charge >= 0.3 is 11.9 Å². The van der Waals surface area contributed by atoms with Gasteiger partial charge in [0.15, 0.2) is 0 Å². The van der Waals surface area contributed by atoms with Gasteiger partial charge in [-0.05, 0) is 75.1 Å². The zero-order valence-electron chi connectivity index (χ0n) is 25.5. The molecule has 2 N–H and O–H groups in total. The van der Waals surface area contributed by atoms with Gasteiger partial charge in [-0.15, -0.1) is 0 Å². The number of hydrogen-bond donors (Lipinski definition) is 2. The second-order valence-corrected chi connectivity index (χ2v) is 13.2. The van der Waals surface area contributed by atoms with Crippen LogP contribution in [0.1, 0.15) is 75.0 Å². The molecule has 0 spiro atoms. The van der Waals surface area contributed by atoms with Crippen LogP contribution < -0.4 is 16.5 Å². The molecule has 4 fully saturated rings. The molecule has 2 aliphatic carbocycles. The smallest absolute Gasteiger partial charge is 0.382 e. The first-order valence-corrected chi connectivity index (χ1v) is 16.1. The maximum Gasteiger partial charge on any atom is 0.418 e. The first-order chi connectivity index (χ1) is 20.7. The van der Waals surface area contributed by atoms with Crippen molar-refractivity contribution in [2.24, 2.45) is 17.8 Å². The first-order valence-electron chi connectivity index (χ1n) is 16.1. The molecule has 9 nitrogen and oxygen atoms in total. The summed E-state index contributed by atoms with van der Waals surface area (Å²) in [6.07, 6.45) is 8.02. The molecule has 2 aromatic rings. The summed E-state index contributed by atoms with van der Waals surface area (Å²) in [5.74, 6) is 1.51. The zero-order chi connectivity index (χ0) is 30.1. The summed E-state index contributed by atoms with van der Waals surface area (Å²) in [5, 5.41) is 0. The van der Waals surface area contributed by atoms with Crippen molar-refractivity contribution in [1.29, 1.82) is 0 Å². The number of hydrazine groups is 1. The summed E-state index contributed by atoms with van der Waals surface area (Å²) >= 11 is 0. The lowest BCUT2D eigenvalue weighted by molar-refractivity contribution is -0.136. The fourth-order valence-electron chi connectivity index (χ4n) is 8.09. The van der Waals surface area contributed by atoms with Gasteiger partial charge in [0.25, 0.3) is 0 Å². The van der Waals surface area contributed by atoms with Gasteiger partial charge in [0.05, 0.1) is 43.2 Å². The average Bonchev–Trinajstić information content (AvgIpc) is 3.52. The number of methoxy groups -OCH3 is 1. The number of likely N-dealkylation sites (tertiary alicyclic amines) is 1. The molecule has 5 atom stereocenters. The molecule has 6 rings (SSSR count). The van der Waals surface area contributed by atoms with Gasteiger partial charge in [0.1, 0.15) is 0 Å². The lowest BCUT2D eigenvalue weighted by Gasteiger charge is -2.46. The minimum Gasteiger partial charge on any atom is -0.382 e. The van der Waals surface area contributed by atoms with Crippen LogP contribution in [0.15, 0.2) is 23.3 Å². The minimum atomic E-state index is -4.57. The van der Waals surface area contributed by atoms with Crippen molar-refractivity contribution in [2.75, 3.05) is 47.1 Å². The number of nitrogens with zero attached hydrogens (tertiary/aromatic N) is 4. The number of aromatic nitrogens is 2. The molecule has 2 saturated heterocycles. The second-order valence-electron chi connectivity index (χ2n) is 13.2. The van der Waals surface area contributed by atoms with Crippen LogP contribution in [0, 0.1) is 17.8 Å². The Morgan fingerprint density at radius 3 is 2.53 bits per heavy atom. The number of pyridine rings is 1. The van der Waals surface area contributed by atoms with Gasteiger partial charge in [-0.1, -0.05) is 25.7 Å². The van der Waals surface area contributed by atoms with Gasteiger partial charge in [-0.25, -0.2) is 15.6 Å². The van der Waals surface area contributed by atoms with E-state index in [1.807, 2.05) is 0 Å². The Morgan fingerprint density at radius 1 is 1.05 bits per heavy atom. The molecule has 2 aromatic heterocycles. The highest BCUT2D eigenvalue weighted by Gasteiger charge is 2.44. The molecule has 240 valence electrons. The quantitative estimate of drug-likeness (QED) is 0.392. The van der Waals surface area contributed by atoms with Crippen LogP contribution in [0.2, 0.25) is 0 Å². The van der Waals surface area contributed by atoms with Crippen molar-refractivity contribution in [2.45, 2.75) is 88.8 Å². The number of rotatable bonds is 10. The average molecular weight is 609 g/mol. The maximum atomic E-state index is 14.4. The summed E-state index contributed by atoms with van der Waals surface area (Å²) in [6.45, 7) is 3.56. The number of fused-ring (bicyclic) bond motifs is 1. The highest BCUT2D eigenvalue weighted by Crippen LogP contribution is 2.47. The van der Waals surface area contributed by atoms with Crippen molar-refractivity contribution in [3.8, 4) is 0 Å². The summed E-state index contributed by atoms with van der Waals surface area (Å²) < 4.78 is 57.1. The van der Waals surface area contributed by atoms with Crippen LogP contribution in [0.3, 0.4) is 0 Å².